The van der Waals surface area contributed by atoms with Crippen LogP contribution in [0.1, 0.15) is 35.1 Å². The smallest absolute Gasteiger partial charge is 0.270 e. The number of nitro groups is 1. The van der Waals surface area contributed by atoms with Crippen molar-refractivity contribution in [3.8, 4) is 11.8 Å². The van der Waals surface area contributed by atoms with Gasteiger partial charge >= 0.3 is 0 Å². The zero-order valence-electron chi connectivity index (χ0n) is 14.9. The monoisotopic (exact) mass is 361 g/mol. The Bertz CT molecular complexity index is 960. The van der Waals surface area contributed by atoms with Crippen LogP contribution in [0.25, 0.3) is 0 Å². The molecule has 1 aliphatic heterocycles. The number of benzene rings is 2. The van der Waals surface area contributed by atoms with Gasteiger partial charge < -0.3 is 10.1 Å². The summed E-state index contributed by atoms with van der Waals surface area (Å²) >= 11 is 0. The molecular formula is C21H19N3O3. The third kappa shape index (κ3) is 3.02. The van der Waals surface area contributed by atoms with Gasteiger partial charge in [0.2, 0.25) is 0 Å². The molecule has 1 aliphatic carbocycles. The second-order valence-corrected chi connectivity index (χ2v) is 6.98. The van der Waals surface area contributed by atoms with Crippen molar-refractivity contribution in [2.45, 2.75) is 25.3 Å². The van der Waals surface area contributed by atoms with Crippen LogP contribution < -0.4 is 10.1 Å². The van der Waals surface area contributed by atoms with E-state index in [0.29, 0.717) is 11.7 Å². The summed E-state index contributed by atoms with van der Waals surface area (Å²) < 4.78 is 5.34. The molecule has 0 aromatic heterocycles. The molecule has 0 bridgehead atoms. The van der Waals surface area contributed by atoms with Crippen LogP contribution in [0.3, 0.4) is 0 Å². The molecule has 4 rings (SSSR count). The van der Waals surface area contributed by atoms with Crippen LogP contribution in [-0.2, 0) is 0 Å². The van der Waals surface area contributed by atoms with Crippen molar-refractivity contribution < 1.29 is 9.66 Å². The molecule has 6 heteroatoms. The van der Waals surface area contributed by atoms with Crippen molar-refractivity contribution in [2.75, 3.05) is 11.9 Å². The van der Waals surface area contributed by atoms with Crippen LogP contribution in [0.4, 0.5) is 11.4 Å². The zero-order valence-corrected chi connectivity index (χ0v) is 14.9. The lowest BCUT2D eigenvalue weighted by molar-refractivity contribution is -0.385. The molecule has 1 N–H and O–H groups in total. The van der Waals surface area contributed by atoms with Crippen LogP contribution in [0.15, 0.2) is 48.6 Å². The molecule has 0 unspecified atom stereocenters. The van der Waals surface area contributed by atoms with E-state index in [0.717, 1.165) is 28.8 Å². The van der Waals surface area contributed by atoms with Gasteiger partial charge in [-0.2, -0.15) is 5.26 Å². The summed E-state index contributed by atoms with van der Waals surface area (Å²) in [5, 5.41) is 23.5. The number of nitrogens with zero attached hydrogens (tertiary/aromatic N) is 2. The summed E-state index contributed by atoms with van der Waals surface area (Å²) in [7, 11) is 0. The Kier molecular flexibility index (Phi) is 4.28. The average Bonchev–Trinajstić information content (AvgIpc) is 3.16. The van der Waals surface area contributed by atoms with Gasteiger partial charge in [0.15, 0.2) is 6.61 Å². The first-order valence-corrected chi connectivity index (χ1v) is 8.90. The molecule has 27 heavy (non-hydrogen) atoms. The van der Waals surface area contributed by atoms with Gasteiger partial charge in [-0.15, -0.1) is 0 Å². The van der Waals surface area contributed by atoms with Crippen LogP contribution >= 0.6 is 0 Å². The number of anilines is 1. The molecule has 0 fully saturated rings. The molecule has 0 saturated heterocycles. The molecule has 2 aromatic carbocycles. The molecule has 2 aromatic rings. The number of rotatable bonds is 4. The lowest BCUT2D eigenvalue weighted by Crippen LogP contribution is -2.29. The van der Waals surface area contributed by atoms with Gasteiger partial charge in [-0.1, -0.05) is 24.3 Å². The molecular weight excluding hydrogens is 342 g/mol. The standard InChI is InChI=1S/C21H19N3O3/c1-13-11-15(24(25)26)12-19-17-3-2-4-18(17)21(23-20(13)19)14-5-7-16(8-6-14)27-10-9-22/h2-3,5-8,11-12,17-18,21,23H,4,10H2,1H3/t17-,18+,21-/m1/s1. The van der Waals surface area contributed by atoms with Crippen molar-refractivity contribution in [3.05, 3.63) is 75.4 Å². The molecule has 2 aliphatic rings. The fourth-order valence-corrected chi connectivity index (χ4v) is 4.19. The molecule has 0 amide bonds. The minimum absolute atomic E-state index is 0.0288. The first-order chi connectivity index (χ1) is 13.1. The van der Waals surface area contributed by atoms with Gasteiger partial charge in [0.25, 0.3) is 5.69 Å². The Morgan fingerprint density at radius 1 is 1.33 bits per heavy atom. The SMILES string of the molecule is Cc1cc([N+](=O)[O-])cc2c1N[C@H](c1ccc(OCC#N)cc1)[C@H]1CC=C[C@@H]21. The number of allylic oxidation sites excluding steroid dienone is 2. The fourth-order valence-electron chi connectivity index (χ4n) is 4.19. The summed E-state index contributed by atoms with van der Waals surface area (Å²) in [6.07, 6.45) is 5.26. The minimum atomic E-state index is -0.326. The predicted molar refractivity (Wildman–Crippen MR) is 102 cm³/mol. The third-order valence-corrected chi connectivity index (χ3v) is 5.40. The highest BCUT2D eigenvalue weighted by Crippen LogP contribution is 2.51. The molecule has 3 atom stereocenters. The van der Waals surface area contributed by atoms with Crippen molar-refractivity contribution in [1.29, 1.82) is 5.26 Å². The molecule has 6 nitrogen and oxygen atoms in total. The lowest BCUT2D eigenvalue weighted by Gasteiger charge is -2.38. The van der Waals surface area contributed by atoms with Gasteiger partial charge in [-0.25, -0.2) is 0 Å². The Balaban J connectivity index is 1.70. The normalized spacial score (nSPS) is 22.3. The van der Waals surface area contributed by atoms with E-state index in [1.807, 2.05) is 37.3 Å². The first-order valence-electron chi connectivity index (χ1n) is 8.90. The number of non-ortho nitro benzene ring substituents is 1. The lowest BCUT2D eigenvalue weighted by atomic mass is 9.76. The number of nitro benzene ring substituents is 1. The number of ether oxygens (including phenoxy) is 1. The second-order valence-electron chi connectivity index (χ2n) is 6.98. The van der Waals surface area contributed by atoms with E-state index in [1.54, 1.807) is 12.1 Å². The molecule has 0 saturated carbocycles. The van der Waals surface area contributed by atoms with E-state index < -0.39 is 0 Å². The van der Waals surface area contributed by atoms with Crippen molar-refractivity contribution >= 4 is 11.4 Å². The quantitative estimate of drug-likeness (QED) is 0.487. The number of fused-ring (bicyclic) bond motifs is 3. The first kappa shape index (κ1) is 17.1. The molecule has 0 spiro atoms. The molecule has 0 radical (unpaired) electrons. The number of nitrogens with one attached hydrogen (secondary N) is 1. The number of hydrogen-bond donors (Lipinski definition) is 1. The number of aryl methyl sites for hydroxylation is 1. The Morgan fingerprint density at radius 2 is 2.11 bits per heavy atom. The summed E-state index contributed by atoms with van der Waals surface area (Å²) in [5.41, 5.74) is 4.16. The minimum Gasteiger partial charge on any atom is -0.479 e. The number of hydrogen-bond acceptors (Lipinski definition) is 5. The van der Waals surface area contributed by atoms with Crippen molar-refractivity contribution in [3.63, 3.8) is 0 Å². The highest BCUT2D eigenvalue weighted by atomic mass is 16.6. The van der Waals surface area contributed by atoms with Crippen LogP contribution in [0.5, 0.6) is 5.75 Å². The highest BCUT2D eigenvalue weighted by molar-refractivity contribution is 5.67. The van der Waals surface area contributed by atoms with Crippen molar-refractivity contribution in [1.82, 2.24) is 0 Å². The Labute approximate surface area is 157 Å². The Morgan fingerprint density at radius 3 is 2.81 bits per heavy atom. The van der Waals surface area contributed by atoms with E-state index in [1.165, 1.54) is 0 Å². The number of nitriles is 1. The zero-order chi connectivity index (χ0) is 19.0. The van der Waals surface area contributed by atoms with E-state index >= 15 is 0 Å². The summed E-state index contributed by atoms with van der Waals surface area (Å²) in [6, 6.07) is 13.2. The fraction of sp³-hybridized carbons (Fsp3) is 0.286. The maximum absolute atomic E-state index is 11.3. The van der Waals surface area contributed by atoms with Crippen LogP contribution in [-0.4, -0.2) is 11.5 Å². The third-order valence-electron chi connectivity index (χ3n) is 5.40. The highest BCUT2D eigenvalue weighted by Gasteiger charge is 2.39. The van der Waals surface area contributed by atoms with E-state index in [4.69, 9.17) is 10.00 Å². The molecule has 136 valence electrons. The summed E-state index contributed by atoms with van der Waals surface area (Å²) in [6.45, 7) is 1.94. The van der Waals surface area contributed by atoms with Crippen molar-refractivity contribution in [2.24, 2.45) is 5.92 Å². The average molecular weight is 361 g/mol. The summed E-state index contributed by atoms with van der Waals surface area (Å²) in [5.74, 6) is 1.15. The summed E-state index contributed by atoms with van der Waals surface area (Å²) in [4.78, 5) is 10.9. The van der Waals surface area contributed by atoms with Gasteiger partial charge in [0, 0.05) is 23.7 Å². The maximum Gasteiger partial charge on any atom is 0.270 e. The predicted octanol–water partition coefficient (Wildman–Crippen LogP) is 4.63. The maximum atomic E-state index is 11.3. The Hall–Kier alpha value is -3.33. The van der Waals surface area contributed by atoms with Crippen LogP contribution in [0.2, 0.25) is 0 Å². The molecule has 1 heterocycles. The van der Waals surface area contributed by atoms with Gasteiger partial charge in [0.05, 0.1) is 11.0 Å². The largest absolute Gasteiger partial charge is 0.479 e. The van der Waals surface area contributed by atoms with E-state index in [-0.39, 0.29) is 29.2 Å². The van der Waals surface area contributed by atoms with Gasteiger partial charge in [0.1, 0.15) is 11.8 Å². The van der Waals surface area contributed by atoms with Gasteiger partial charge in [-0.3, -0.25) is 10.1 Å². The van der Waals surface area contributed by atoms with Gasteiger partial charge in [-0.05, 0) is 48.1 Å². The van der Waals surface area contributed by atoms with E-state index in [9.17, 15) is 10.1 Å². The van der Waals surface area contributed by atoms with E-state index in [2.05, 4.69) is 17.5 Å². The van der Waals surface area contributed by atoms with Crippen LogP contribution in [0, 0.1) is 34.3 Å². The second kappa shape index (κ2) is 6.76. The topological polar surface area (TPSA) is 88.2 Å².